The molecule has 0 fully saturated rings. The largest absolute Gasteiger partial charge is 0.468 e. The van der Waals surface area contributed by atoms with Crippen LogP contribution in [-0.4, -0.2) is 40.8 Å². The van der Waals surface area contributed by atoms with Crippen LogP contribution in [0.1, 0.15) is 56.3 Å². The number of thiophene rings is 1. The number of carbonyl (C=O) groups is 3. The van der Waals surface area contributed by atoms with Gasteiger partial charge < -0.3 is 19.5 Å². The number of nitrogens with zero attached hydrogens (tertiary/aromatic N) is 2. The van der Waals surface area contributed by atoms with Gasteiger partial charge in [-0.1, -0.05) is 6.92 Å². The minimum atomic E-state index is -0.872. The van der Waals surface area contributed by atoms with Gasteiger partial charge >= 0.3 is 11.9 Å². The lowest BCUT2D eigenvalue weighted by Crippen LogP contribution is -2.16. The molecule has 9 nitrogen and oxygen atoms in total. The zero-order chi connectivity index (χ0) is 25.5. The molecule has 0 unspecified atom stereocenters. The monoisotopic (exact) mass is 507 g/mol. The molecule has 0 atom stereocenters. The molecule has 0 bridgehead atoms. The van der Waals surface area contributed by atoms with E-state index in [1.807, 2.05) is 6.92 Å². The summed E-state index contributed by atoms with van der Waals surface area (Å²) in [6.07, 6.45) is 2.03. The lowest BCUT2D eigenvalue weighted by Gasteiger charge is -2.08. The summed E-state index contributed by atoms with van der Waals surface area (Å²) in [5.74, 6) is -3.73. The van der Waals surface area contributed by atoms with Gasteiger partial charge in [-0.25, -0.2) is 23.1 Å². The highest BCUT2D eigenvalue weighted by atomic mass is 32.1. The molecule has 0 aliphatic heterocycles. The van der Waals surface area contributed by atoms with Crippen molar-refractivity contribution >= 4 is 34.2 Å². The first-order chi connectivity index (χ1) is 16.7. The average Bonchev–Trinajstić information content (AvgIpc) is 3.41. The minimum Gasteiger partial charge on any atom is -0.468 e. The van der Waals surface area contributed by atoms with E-state index in [-0.39, 0.29) is 46.8 Å². The zero-order valence-corrected chi connectivity index (χ0v) is 20.0. The highest BCUT2D eigenvalue weighted by Gasteiger charge is 2.28. The van der Waals surface area contributed by atoms with Crippen molar-refractivity contribution in [2.45, 2.75) is 33.9 Å². The first-order valence-corrected chi connectivity index (χ1v) is 11.5. The van der Waals surface area contributed by atoms with Gasteiger partial charge in [0.1, 0.15) is 15.7 Å². The third-order valence-electron chi connectivity index (χ3n) is 4.60. The van der Waals surface area contributed by atoms with Crippen molar-refractivity contribution in [3.05, 3.63) is 63.8 Å². The van der Waals surface area contributed by atoms with Crippen LogP contribution in [0.25, 0.3) is 0 Å². The SMILES string of the molecule is CCCOC(=O)c1c(NC(=O)c2ccn(COc3ccc(F)cc3F)n2)sc(C(=O)OCC)c1C. The number of hydrogen-bond donors (Lipinski definition) is 1. The number of esters is 2. The molecule has 0 aliphatic carbocycles. The van der Waals surface area contributed by atoms with Crippen molar-refractivity contribution in [1.29, 1.82) is 0 Å². The van der Waals surface area contributed by atoms with E-state index in [0.29, 0.717) is 18.1 Å². The van der Waals surface area contributed by atoms with Gasteiger partial charge in [-0.15, -0.1) is 11.3 Å². The van der Waals surface area contributed by atoms with Crippen molar-refractivity contribution in [1.82, 2.24) is 9.78 Å². The summed E-state index contributed by atoms with van der Waals surface area (Å²) < 4.78 is 43.5. The van der Waals surface area contributed by atoms with E-state index in [1.165, 1.54) is 16.9 Å². The molecule has 1 aromatic carbocycles. The third kappa shape index (κ3) is 6.21. The maximum absolute atomic E-state index is 13.7. The molecule has 0 saturated carbocycles. The number of carbonyl (C=O) groups excluding carboxylic acids is 3. The van der Waals surface area contributed by atoms with Gasteiger partial charge in [0.25, 0.3) is 5.91 Å². The van der Waals surface area contributed by atoms with Crippen molar-refractivity contribution < 1.29 is 37.4 Å². The molecule has 0 saturated heterocycles. The lowest BCUT2D eigenvalue weighted by molar-refractivity contribution is 0.0506. The van der Waals surface area contributed by atoms with Crippen LogP contribution in [0.15, 0.2) is 30.5 Å². The molecule has 1 amide bonds. The number of amides is 1. The molecule has 186 valence electrons. The van der Waals surface area contributed by atoms with Crippen LogP contribution in [0, 0.1) is 18.6 Å². The number of hydrogen-bond acceptors (Lipinski definition) is 8. The first kappa shape index (κ1) is 25.8. The molecular formula is C23H23F2N3O6S. The Morgan fingerprint density at radius 2 is 1.89 bits per heavy atom. The van der Waals surface area contributed by atoms with Gasteiger partial charge in [-0.05, 0) is 44.0 Å². The first-order valence-electron chi connectivity index (χ1n) is 10.6. The summed E-state index contributed by atoms with van der Waals surface area (Å²) in [6.45, 7) is 5.15. The van der Waals surface area contributed by atoms with Crippen molar-refractivity contribution in [3.63, 3.8) is 0 Å². The van der Waals surface area contributed by atoms with E-state index in [9.17, 15) is 23.2 Å². The second-order valence-corrected chi connectivity index (χ2v) is 8.18. The Bertz CT molecular complexity index is 1240. The highest BCUT2D eigenvalue weighted by Crippen LogP contribution is 2.34. The Morgan fingerprint density at radius 1 is 1.11 bits per heavy atom. The maximum Gasteiger partial charge on any atom is 0.348 e. The molecule has 12 heteroatoms. The number of rotatable bonds is 10. The predicted molar refractivity (Wildman–Crippen MR) is 123 cm³/mol. The second-order valence-electron chi connectivity index (χ2n) is 7.16. The van der Waals surface area contributed by atoms with Crippen molar-refractivity contribution in [2.24, 2.45) is 0 Å². The summed E-state index contributed by atoms with van der Waals surface area (Å²) in [4.78, 5) is 37.9. The molecule has 35 heavy (non-hydrogen) atoms. The Kier molecular flexibility index (Phi) is 8.53. The van der Waals surface area contributed by atoms with Gasteiger partial charge in [-0.2, -0.15) is 5.10 Å². The minimum absolute atomic E-state index is 0.0233. The second kappa shape index (κ2) is 11.6. The Morgan fingerprint density at radius 3 is 2.57 bits per heavy atom. The Hall–Kier alpha value is -3.80. The maximum atomic E-state index is 13.7. The standard InChI is InChI=1S/C23H23F2N3O6S/c1-4-10-33-22(30)18-13(3)19(23(31)32-5-2)35-21(18)26-20(29)16-8-9-28(27-16)12-34-17-7-6-14(24)11-15(17)25/h6-9,11H,4-5,10,12H2,1-3H3,(H,26,29). The fraction of sp³-hybridized carbons (Fsp3) is 0.304. The normalized spacial score (nSPS) is 10.7. The average molecular weight is 508 g/mol. The summed E-state index contributed by atoms with van der Waals surface area (Å²) in [7, 11) is 0. The van der Waals surface area contributed by atoms with Gasteiger partial charge in [0.15, 0.2) is 24.0 Å². The van der Waals surface area contributed by atoms with E-state index >= 15 is 0 Å². The fourth-order valence-corrected chi connectivity index (χ4v) is 4.04. The zero-order valence-electron chi connectivity index (χ0n) is 19.2. The molecule has 1 N–H and O–H groups in total. The molecule has 0 spiro atoms. The van der Waals surface area contributed by atoms with E-state index in [0.717, 1.165) is 23.5 Å². The topological polar surface area (TPSA) is 109 Å². The number of aromatic nitrogens is 2. The van der Waals surface area contributed by atoms with E-state index in [2.05, 4.69) is 10.4 Å². The summed E-state index contributed by atoms with van der Waals surface area (Å²) in [5, 5.41) is 6.79. The highest BCUT2D eigenvalue weighted by molar-refractivity contribution is 7.18. The molecular weight excluding hydrogens is 484 g/mol. The lowest BCUT2D eigenvalue weighted by atomic mass is 10.1. The van der Waals surface area contributed by atoms with Crippen LogP contribution in [-0.2, 0) is 16.2 Å². The van der Waals surface area contributed by atoms with E-state index in [4.69, 9.17) is 14.2 Å². The molecule has 2 aromatic heterocycles. The van der Waals surface area contributed by atoms with Gasteiger partial charge in [0.05, 0.1) is 18.8 Å². The number of nitrogens with one attached hydrogen (secondary N) is 1. The Labute approximate surface area is 203 Å². The Balaban J connectivity index is 1.77. The van der Waals surface area contributed by atoms with E-state index in [1.54, 1.807) is 13.8 Å². The molecule has 3 aromatic rings. The quantitative estimate of drug-likeness (QED) is 0.401. The van der Waals surface area contributed by atoms with E-state index < -0.39 is 29.5 Å². The van der Waals surface area contributed by atoms with Crippen molar-refractivity contribution in [3.8, 4) is 5.75 Å². The third-order valence-corrected chi connectivity index (χ3v) is 5.78. The van der Waals surface area contributed by atoms with Gasteiger partial charge in [0.2, 0.25) is 0 Å². The summed E-state index contributed by atoms with van der Waals surface area (Å²) >= 11 is 0.897. The number of benzene rings is 1. The molecule has 0 radical (unpaired) electrons. The molecule has 0 aliphatic rings. The van der Waals surface area contributed by atoms with Crippen LogP contribution in [0.2, 0.25) is 0 Å². The van der Waals surface area contributed by atoms with Crippen LogP contribution in [0.4, 0.5) is 13.8 Å². The summed E-state index contributed by atoms with van der Waals surface area (Å²) in [5.41, 5.74) is 0.379. The van der Waals surface area contributed by atoms with Gasteiger partial charge in [0, 0.05) is 12.3 Å². The summed E-state index contributed by atoms with van der Waals surface area (Å²) in [6, 6.07) is 4.27. The number of halogens is 2. The van der Waals surface area contributed by atoms with Crippen LogP contribution in [0.5, 0.6) is 5.75 Å². The van der Waals surface area contributed by atoms with Crippen LogP contribution in [0.3, 0.4) is 0 Å². The molecule has 3 rings (SSSR count). The number of ether oxygens (including phenoxy) is 3. The smallest absolute Gasteiger partial charge is 0.348 e. The predicted octanol–water partition coefficient (Wildman–Crippen LogP) is 4.56. The fourth-order valence-electron chi connectivity index (χ4n) is 2.96. The molecule has 2 heterocycles. The van der Waals surface area contributed by atoms with Crippen LogP contribution >= 0.6 is 11.3 Å². The number of anilines is 1. The van der Waals surface area contributed by atoms with Gasteiger partial charge in [-0.3, -0.25) is 4.79 Å². The van der Waals surface area contributed by atoms with Crippen LogP contribution < -0.4 is 10.1 Å². The van der Waals surface area contributed by atoms with Crippen molar-refractivity contribution in [2.75, 3.05) is 18.5 Å².